The number of ether oxygens (including phenoxy) is 1. The first-order valence-electron chi connectivity index (χ1n) is 14.4. The minimum atomic E-state index is 0.0904. The van der Waals surface area contributed by atoms with E-state index in [-0.39, 0.29) is 12.1 Å². The highest BCUT2D eigenvalue weighted by Gasteiger charge is 2.50. The molecule has 1 aliphatic carbocycles. The molecule has 0 spiro atoms. The van der Waals surface area contributed by atoms with E-state index in [0.717, 1.165) is 71.1 Å². The Morgan fingerprint density at radius 3 is 2.57 bits per heavy atom. The molecule has 6 unspecified atom stereocenters. The average molecular weight is 493 g/mol. The molecule has 35 heavy (non-hydrogen) atoms. The maximum atomic E-state index is 13.9. The zero-order chi connectivity index (χ0) is 24.9. The lowest BCUT2D eigenvalue weighted by Gasteiger charge is -2.47. The summed E-state index contributed by atoms with van der Waals surface area (Å²) in [4.78, 5) is 18.4. The lowest BCUT2D eigenvalue weighted by molar-refractivity contribution is -0.140. The Kier molecular flexibility index (Phi) is 9.86. The maximum absolute atomic E-state index is 13.9. The Bertz CT molecular complexity index is 672. The molecule has 0 bridgehead atoms. The van der Waals surface area contributed by atoms with Gasteiger partial charge in [-0.15, -0.1) is 0 Å². The van der Waals surface area contributed by atoms with Crippen molar-refractivity contribution in [3.05, 3.63) is 0 Å². The summed E-state index contributed by atoms with van der Waals surface area (Å²) in [5, 5.41) is 6.44. The van der Waals surface area contributed by atoms with Gasteiger partial charge >= 0.3 is 0 Å². The predicted octanol–water partition coefficient (Wildman–Crippen LogP) is 1.72. The second-order valence-electron chi connectivity index (χ2n) is 12.2. The minimum absolute atomic E-state index is 0.0904. The molecule has 3 heterocycles. The van der Waals surface area contributed by atoms with Gasteiger partial charge in [0, 0.05) is 76.9 Å². The number of carbonyl (C=O) groups excluding carboxylic acids is 1. The minimum Gasteiger partial charge on any atom is -0.381 e. The summed E-state index contributed by atoms with van der Waals surface area (Å²) in [5.41, 5.74) is 9.43. The monoisotopic (exact) mass is 492 g/mol. The fraction of sp³-hybridized carbons (Fsp3) is 0.963. The van der Waals surface area contributed by atoms with Crippen LogP contribution in [0.1, 0.15) is 58.8 Å². The molecule has 4 aliphatic rings. The smallest absolute Gasteiger partial charge is 0.225 e. The van der Waals surface area contributed by atoms with Crippen LogP contribution >= 0.6 is 0 Å². The molecule has 3 aliphatic heterocycles. The first-order valence-corrected chi connectivity index (χ1v) is 14.4. The molecule has 4 rings (SSSR count). The van der Waals surface area contributed by atoms with Gasteiger partial charge in [0.1, 0.15) is 0 Å². The van der Waals surface area contributed by atoms with Gasteiger partial charge in [-0.2, -0.15) is 0 Å². The lowest BCUT2D eigenvalue weighted by atomic mass is 9.71. The van der Waals surface area contributed by atoms with Crippen LogP contribution in [0.5, 0.6) is 0 Å². The molecule has 1 amide bonds. The van der Waals surface area contributed by atoms with Crippen molar-refractivity contribution in [2.75, 3.05) is 60.0 Å². The molecule has 202 valence electrons. The molecule has 8 heteroatoms. The molecule has 0 aromatic heterocycles. The molecule has 4 fully saturated rings. The first-order chi connectivity index (χ1) is 16.9. The molecule has 4 N–H and O–H groups in total. The Morgan fingerprint density at radius 1 is 1.09 bits per heavy atom. The van der Waals surface area contributed by atoms with Crippen molar-refractivity contribution in [1.82, 2.24) is 25.6 Å². The van der Waals surface area contributed by atoms with Crippen LogP contribution in [0.15, 0.2) is 0 Å². The number of hydrogen-bond donors (Lipinski definition) is 3. The number of hydrazine groups is 1. The van der Waals surface area contributed by atoms with Crippen LogP contribution in [0.25, 0.3) is 0 Å². The van der Waals surface area contributed by atoms with Gasteiger partial charge in [0.25, 0.3) is 0 Å². The predicted molar refractivity (Wildman–Crippen MR) is 140 cm³/mol. The number of nitrogens with two attached hydrogens (primary N) is 1. The Balaban J connectivity index is 1.45. The van der Waals surface area contributed by atoms with Crippen LogP contribution in [0, 0.1) is 29.6 Å². The Labute approximate surface area is 213 Å². The first kappa shape index (κ1) is 27.3. The Morgan fingerprint density at radius 2 is 1.86 bits per heavy atom. The van der Waals surface area contributed by atoms with Gasteiger partial charge < -0.3 is 20.3 Å². The number of rotatable bonds is 9. The fourth-order valence-electron chi connectivity index (χ4n) is 7.35. The van der Waals surface area contributed by atoms with Gasteiger partial charge in [0.2, 0.25) is 5.91 Å². The van der Waals surface area contributed by atoms with E-state index in [4.69, 9.17) is 10.5 Å². The highest BCUT2D eigenvalue weighted by molar-refractivity contribution is 5.79. The fourth-order valence-corrected chi connectivity index (χ4v) is 7.35. The van der Waals surface area contributed by atoms with E-state index in [2.05, 4.69) is 46.4 Å². The van der Waals surface area contributed by atoms with Gasteiger partial charge in [0.15, 0.2) is 0 Å². The molecular formula is C27H52N6O2. The van der Waals surface area contributed by atoms with Crippen LogP contribution in [-0.4, -0.2) is 99.0 Å². The molecule has 1 saturated carbocycles. The van der Waals surface area contributed by atoms with E-state index >= 15 is 0 Å². The van der Waals surface area contributed by atoms with Gasteiger partial charge in [-0.05, 0) is 77.2 Å². The summed E-state index contributed by atoms with van der Waals surface area (Å²) >= 11 is 0. The highest BCUT2D eigenvalue weighted by Crippen LogP contribution is 2.40. The van der Waals surface area contributed by atoms with Crippen LogP contribution in [0.4, 0.5) is 0 Å². The lowest BCUT2D eigenvalue weighted by Crippen LogP contribution is -2.62. The van der Waals surface area contributed by atoms with Gasteiger partial charge in [-0.25, -0.2) is 5.01 Å². The largest absolute Gasteiger partial charge is 0.381 e. The summed E-state index contributed by atoms with van der Waals surface area (Å²) in [6.45, 7) is 10.8. The van der Waals surface area contributed by atoms with E-state index in [1.807, 2.05) is 7.05 Å². The number of likely N-dealkylation sites (N-methyl/N-ethyl adjacent to an activating group) is 1. The zero-order valence-electron chi connectivity index (χ0n) is 22.8. The molecule has 0 radical (unpaired) electrons. The van der Waals surface area contributed by atoms with Crippen LogP contribution in [0.3, 0.4) is 0 Å². The number of piperidine rings is 1. The molecular weight excluding hydrogens is 440 g/mol. The van der Waals surface area contributed by atoms with E-state index in [0.29, 0.717) is 35.7 Å². The van der Waals surface area contributed by atoms with Crippen molar-refractivity contribution >= 4 is 5.91 Å². The third-order valence-electron chi connectivity index (χ3n) is 9.22. The number of amides is 1. The number of nitrogens with one attached hydrogen (secondary N) is 2. The summed E-state index contributed by atoms with van der Waals surface area (Å²) in [6, 6.07) is 0.807. The van der Waals surface area contributed by atoms with E-state index in [1.54, 1.807) is 0 Å². The second kappa shape index (κ2) is 12.7. The molecule has 6 atom stereocenters. The SMILES string of the molecule is CC(C)N1NCC2C(C(=O)N(C)CC3CCOCC3)CC(C3CCCC(CN(C)CCN)C3)NC21. The zero-order valence-corrected chi connectivity index (χ0v) is 22.8. The van der Waals surface area contributed by atoms with Crippen LogP contribution in [-0.2, 0) is 9.53 Å². The molecule has 0 aromatic carbocycles. The number of hydrogen-bond acceptors (Lipinski definition) is 7. The van der Waals surface area contributed by atoms with Gasteiger partial charge in [-0.1, -0.05) is 6.42 Å². The van der Waals surface area contributed by atoms with Crippen molar-refractivity contribution in [2.24, 2.45) is 35.3 Å². The van der Waals surface area contributed by atoms with Gasteiger partial charge in [0.05, 0.1) is 6.17 Å². The van der Waals surface area contributed by atoms with E-state index in [1.165, 1.54) is 25.7 Å². The summed E-state index contributed by atoms with van der Waals surface area (Å²) in [6.07, 6.45) is 8.51. The van der Waals surface area contributed by atoms with E-state index < -0.39 is 0 Å². The standard InChI is InChI=1S/C27H52N6O2/c1-19(2)33-26-24(16-29-33)23(27(34)32(4)18-20-8-12-35-13-9-20)15-25(30-26)22-7-5-6-21(14-22)17-31(3)11-10-28/h19-26,29-30H,5-18,28H2,1-4H3. The summed E-state index contributed by atoms with van der Waals surface area (Å²) in [7, 11) is 4.24. The topological polar surface area (TPSA) is 86.1 Å². The molecule has 0 aromatic rings. The van der Waals surface area contributed by atoms with Crippen molar-refractivity contribution in [3.8, 4) is 0 Å². The number of nitrogens with zero attached hydrogens (tertiary/aromatic N) is 3. The summed E-state index contributed by atoms with van der Waals surface area (Å²) < 4.78 is 5.54. The average Bonchev–Trinajstić information content (AvgIpc) is 3.28. The van der Waals surface area contributed by atoms with Crippen molar-refractivity contribution in [1.29, 1.82) is 0 Å². The normalized spacial score (nSPS) is 34.9. The molecule has 3 saturated heterocycles. The third-order valence-corrected chi connectivity index (χ3v) is 9.22. The number of fused-ring (bicyclic) bond motifs is 1. The highest BCUT2D eigenvalue weighted by atomic mass is 16.5. The third kappa shape index (κ3) is 6.76. The van der Waals surface area contributed by atoms with Crippen molar-refractivity contribution in [2.45, 2.75) is 77.0 Å². The Hall–Kier alpha value is -0.770. The van der Waals surface area contributed by atoms with E-state index in [9.17, 15) is 4.79 Å². The van der Waals surface area contributed by atoms with Crippen molar-refractivity contribution < 1.29 is 9.53 Å². The van der Waals surface area contributed by atoms with Crippen LogP contribution in [0.2, 0.25) is 0 Å². The van der Waals surface area contributed by atoms with Crippen molar-refractivity contribution in [3.63, 3.8) is 0 Å². The quantitative estimate of drug-likeness (QED) is 0.452. The molecule has 8 nitrogen and oxygen atoms in total. The maximum Gasteiger partial charge on any atom is 0.225 e. The second-order valence-corrected chi connectivity index (χ2v) is 12.2. The van der Waals surface area contributed by atoms with Gasteiger partial charge in [-0.3, -0.25) is 15.5 Å². The summed E-state index contributed by atoms with van der Waals surface area (Å²) in [5.74, 6) is 2.73. The van der Waals surface area contributed by atoms with Crippen LogP contribution < -0.4 is 16.5 Å². The number of carbonyl (C=O) groups is 1.